The Hall–Kier alpha value is -1.56. The first-order valence-corrected chi connectivity index (χ1v) is 12.9. The maximum atomic E-state index is 11.9. The van der Waals surface area contributed by atoms with E-state index in [0.29, 0.717) is 0 Å². The van der Waals surface area contributed by atoms with Crippen LogP contribution in [0.25, 0.3) is 11.2 Å². The summed E-state index contributed by atoms with van der Waals surface area (Å²) < 4.78 is 48.7. The fraction of sp³-hybridized carbons (Fsp3) is 0.500. The summed E-state index contributed by atoms with van der Waals surface area (Å²) in [4.78, 5) is 58.5. The second-order valence-electron chi connectivity index (χ2n) is 6.33. The zero-order valence-corrected chi connectivity index (χ0v) is 18.1. The Kier molecular flexibility index (Phi) is 6.78. The van der Waals surface area contributed by atoms with Gasteiger partial charge in [0.1, 0.15) is 18.3 Å². The summed E-state index contributed by atoms with van der Waals surface area (Å²) in [5.41, 5.74) is 4.52. The van der Waals surface area contributed by atoms with Crippen LogP contribution in [0.1, 0.15) is 6.23 Å². The summed E-state index contributed by atoms with van der Waals surface area (Å²) in [7, 11) is -16.2. The van der Waals surface area contributed by atoms with Crippen molar-refractivity contribution in [2.24, 2.45) is 0 Å². The molecule has 0 bridgehead atoms. The maximum Gasteiger partial charge on any atom is 0.480 e. The second kappa shape index (κ2) is 8.66. The van der Waals surface area contributed by atoms with Crippen molar-refractivity contribution < 1.29 is 57.1 Å². The molecule has 6 atom stereocenters. The molecule has 0 aromatic carbocycles. The van der Waals surface area contributed by atoms with E-state index in [1.165, 1.54) is 0 Å². The van der Waals surface area contributed by atoms with E-state index in [-0.39, 0.29) is 17.1 Å². The normalized spacial score (nSPS) is 27.9. The first-order valence-electron chi connectivity index (χ1n) is 8.19. The molecule has 10 N–H and O–H groups in total. The molecule has 32 heavy (non-hydrogen) atoms. The standard InChI is InChI=1S/C10H17N6O13P3/c11-10-13-7-4(8(19)14-10)12-2-16(7)9-6(18)5(17)3(28-9)1-27-32(25,26)29-31(23,24)15-30(20,21)22/h2-3,5-6,9,17-18H,1H2,(H,25,26)(H3,11,13,14,19)(H4,15,20,21,22,23,24)/t3-,5-,6+,9+/m0/s1. The van der Waals surface area contributed by atoms with Crippen molar-refractivity contribution in [3.63, 3.8) is 0 Å². The Morgan fingerprint density at radius 3 is 2.50 bits per heavy atom. The molecule has 22 heteroatoms. The Balaban J connectivity index is 1.72. The Labute approximate surface area is 176 Å². The number of anilines is 1. The third-order valence-electron chi connectivity index (χ3n) is 3.93. The maximum absolute atomic E-state index is 11.9. The van der Waals surface area contributed by atoms with Crippen molar-refractivity contribution in [1.82, 2.24) is 24.4 Å². The van der Waals surface area contributed by atoms with Crippen molar-refractivity contribution in [2.75, 3.05) is 12.3 Å². The van der Waals surface area contributed by atoms with Crippen molar-refractivity contribution >= 4 is 40.4 Å². The quantitative estimate of drug-likeness (QED) is 0.159. The minimum absolute atomic E-state index is 0.107. The summed E-state index contributed by atoms with van der Waals surface area (Å²) in [6.07, 6.45) is -5.26. The van der Waals surface area contributed by atoms with Gasteiger partial charge in [0, 0.05) is 0 Å². The average molecular weight is 522 g/mol. The van der Waals surface area contributed by atoms with Gasteiger partial charge in [0.2, 0.25) is 5.95 Å². The number of rotatable bonds is 8. The van der Waals surface area contributed by atoms with Crippen LogP contribution < -0.4 is 16.2 Å². The molecule has 2 aromatic heterocycles. The Morgan fingerprint density at radius 2 is 1.88 bits per heavy atom. The largest absolute Gasteiger partial charge is 0.480 e. The van der Waals surface area contributed by atoms with Crippen LogP contribution >= 0.6 is 23.3 Å². The topological polar surface area (TPSA) is 302 Å². The minimum Gasteiger partial charge on any atom is -0.387 e. The van der Waals surface area contributed by atoms with Crippen LogP contribution in [-0.2, 0) is 27.3 Å². The molecule has 0 saturated carbocycles. The smallest absolute Gasteiger partial charge is 0.387 e. The van der Waals surface area contributed by atoms with Crippen LogP contribution in [0.3, 0.4) is 0 Å². The average Bonchev–Trinajstić information content (AvgIpc) is 3.12. The molecule has 0 amide bonds. The van der Waals surface area contributed by atoms with Crippen LogP contribution in [0.2, 0.25) is 0 Å². The number of nitrogen functional groups attached to an aromatic ring is 1. The lowest BCUT2D eigenvalue weighted by atomic mass is 10.1. The number of ether oxygens (including phenoxy) is 1. The number of fused-ring (bicyclic) bond motifs is 1. The number of nitrogens with one attached hydrogen (secondary N) is 2. The van der Waals surface area contributed by atoms with Gasteiger partial charge in [0.15, 0.2) is 17.4 Å². The van der Waals surface area contributed by atoms with Gasteiger partial charge >= 0.3 is 23.3 Å². The van der Waals surface area contributed by atoms with E-state index < -0.39 is 60.0 Å². The zero-order chi connectivity index (χ0) is 24.1. The molecule has 1 aliphatic rings. The van der Waals surface area contributed by atoms with Gasteiger partial charge in [0.05, 0.1) is 12.9 Å². The molecule has 0 radical (unpaired) electrons. The number of aromatic amines is 1. The van der Waals surface area contributed by atoms with Crippen LogP contribution in [0, 0.1) is 0 Å². The lowest BCUT2D eigenvalue weighted by molar-refractivity contribution is -0.0501. The molecular formula is C10H17N6O13P3. The highest BCUT2D eigenvalue weighted by Gasteiger charge is 2.46. The van der Waals surface area contributed by atoms with Gasteiger partial charge in [-0.3, -0.25) is 18.9 Å². The number of nitrogens with zero attached hydrogens (tertiary/aromatic N) is 3. The fourth-order valence-corrected chi connectivity index (χ4v) is 6.17. The van der Waals surface area contributed by atoms with Gasteiger partial charge in [-0.2, -0.15) is 9.29 Å². The summed E-state index contributed by atoms with van der Waals surface area (Å²) in [5, 5.41) is 20.4. The molecule has 180 valence electrons. The van der Waals surface area contributed by atoms with E-state index in [4.69, 9.17) is 20.3 Å². The fourth-order valence-electron chi connectivity index (χ4n) is 2.74. The molecule has 19 nitrogen and oxygen atoms in total. The van der Waals surface area contributed by atoms with Gasteiger partial charge in [-0.1, -0.05) is 0 Å². The lowest BCUT2D eigenvalue weighted by Gasteiger charge is -2.19. The van der Waals surface area contributed by atoms with E-state index in [1.54, 1.807) is 0 Å². The molecular weight excluding hydrogens is 505 g/mol. The van der Waals surface area contributed by atoms with Gasteiger partial charge in [0.25, 0.3) is 5.56 Å². The third-order valence-corrected chi connectivity index (χ3v) is 8.17. The first kappa shape index (κ1) is 25.1. The van der Waals surface area contributed by atoms with Gasteiger partial charge in [-0.15, -0.1) is 4.86 Å². The molecule has 0 spiro atoms. The third kappa shape index (κ3) is 5.67. The van der Waals surface area contributed by atoms with Crippen molar-refractivity contribution in [1.29, 1.82) is 0 Å². The van der Waals surface area contributed by atoms with E-state index in [0.717, 1.165) is 15.8 Å². The zero-order valence-electron chi connectivity index (χ0n) is 15.4. The first-order chi connectivity index (χ1) is 14.6. The van der Waals surface area contributed by atoms with E-state index in [1.807, 2.05) is 0 Å². The predicted molar refractivity (Wildman–Crippen MR) is 100 cm³/mol. The summed E-state index contributed by atoms with van der Waals surface area (Å²) in [6.45, 7) is -0.985. The molecule has 1 aliphatic heterocycles. The number of hydrogen-bond acceptors (Lipinski definition) is 12. The SMILES string of the molecule is Nc1nc2c(ncn2[C@@H]2O[C@@H](COP(=O)(O)OP(=O)(O)NP(=O)(O)O)[C@H](O)[C@H]2O)c(=O)[nH]1. The highest BCUT2D eigenvalue weighted by Crippen LogP contribution is 2.61. The number of aliphatic hydroxyl groups excluding tert-OH is 2. The van der Waals surface area contributed by atoms with E-state index >= 15 is 0 Å². The molecule has 3 rings (SSSR count). The molecule has 1 fully saturated rings. The van der Waals surface area contributed by atoms with Gasteiger partial charge in [-0.25, -0.2) is 18.7 Å². The van der Waals surface area contributed by atoms with Crippen LogP contribution in [0.5, 0.6) is 0 Å². The van der Waals surface area contributed by atoms with Crippen LogP contribution in [0.4, 0.5) is 5.95 Å². The molecule has 2 aromatic rings. The summed E-state index contributed by atoms with van der Waals surface area (Å²) >= 11 is 0. The van der Waals surface area contributed by atoms with Gasteiger partial charge in [-0.05, 0) is 0 Å². The number of imidazole rings is 1. The van der Waals surface area contributed by atoms with Crippen LogP contribution in [0.15, 0.2) is 11.1 Å². The van der Waals surface area contributed by atoms with E-state index in [9.17, 15) is 38.5 Å². The number of phosphoric ester groups is 1. The monoisotopic (exact) mass is 522 g/mol. The number of aliphatic hydroxyl groups is 2. The number of phosphoric acid groups is 1. The summed E-state index contributed by atoms with van der Waals surface area (Å²) in [5.74, 6) is -0.270. The van der Waals surface area contributed by atoms with Crippen molar-refractivity contribution in [3.8, 4) is 0 Å². The second-order valence-corrected chi connectivity index (χ2v) is 11.1. The highest BCUT2D eigenvalue weighted by atomic mass is 31.3. The number of H-pyrrole nitrogens is 1. The molecule has 1 saturated heterocycles. The number of nitrogens with two attached hydrogens (primary N) is 1. The highest BCUT2D eigenvalue weighted by molar-refractivity contribution is 7.70. The lowest BCUT2D eigenvalue weighted by Crippen LogP contribution is -2.33. The number of aromatic nitrogens is 4. The molecule has 3 heterocycles. The minimum atomic E-state index is -5.48. The van der Waals surface area contributed by atoms with Gasteiger partial charge < -0.3 is 40.3 Å². The summed E-state index contributed by atoms with van der Waals surface area (Å²) in [6, 6.07) is 0. The van der Waals surface area contributed by atoms with E-state index in [2.05, 4.69) is 23.8 Å². The Bertz CT molecular complexity index is 1210. The molecule has 0 aliphatic carbocycles. The Morgan fingerprint density at radius 1 is 1.22 bits per heavy atom. The van der Waals surface area contributed by atoms with Crippen molar-refractivity contribution in [2.45, 2.75) is 24.5 Å². The molecule has 2 unspecified atom stereocenters. The van der Waals surface area contributed by atoms with Crippen molar-refractivity contribution in [3.05, 3.63) is 16.7 Å². The predicted octanol–water partition coefficient (Wildman–Crippen LogP) is -2.76. The number of hydrogen-bond donors (Lipinski definition) is 9. The van der Waals surface area contributed by atoms with Crippen LogP contribution in [-0.4, -0.2) is 74.2 Å².